The third-order valence-corrected chi connectivity index (χ3v) is 4.67. The van der Waals surface area contributed by atoms with Crippen molar-refractivity contribution in [1.29, 1.82) is 0 Å². The number of carbonyl (C=O) groups excluding carboxylic acids is 1. The zero-order chi connectivity index (χ0) is 17.8. The first-order chi connectivity index (χ1) is 12.1. The maximum atomic E-state index is 13.6. The zero-order valence-corrected chi connectivity index (χ0v) is 14.2. The molecule has 3 rings (SSSR count). The Kier molecular flexibility index (Phi) is 5.31. The fourth-order valence-electron chi connectivity index (χ4n) is 3.22. The second-order valence-corrected chi connectivity index (χ2v) is 6.31. The quantitative estimate of drug-likeness (QED) is 0.917. The minimum atomic E-state index is -0.768. The van der Waals surface area contributed by atoms with Gasteiger partial charge in [-0.1, -0.05) is 13.0 Å². The molecule has 1 aliphatic rings. The largest absolute Gasteiger partial charge is 0.335 e. The third-order valence-electron chi connectivity index (χ3n) is 4.67. The van der Waals surface area contributed by atoms with Crippen molar-refractivity contribution in [2.75, 3.05) is 18.4 Å². The Labute approximate surface area is 145 Å². The van der Waals surface area contributed by atoms with Crippen LogP contribution in [0.5, 0.6) is 0 Å². The Hall–Kier alpha value is -2.44. The Bertz CT molecular complexity index is 718. The molecule has 2 heterocycles. The van der Waals surface area contributed by atoms with Gasteiger partial charge in [0, 0.05) is 38.4 Å². The predicted molar refractivity (Wildman–Crippen MR) is 91.3 cm³/mol. The molecule has 134 valence electrons. The zero-order valence-electron chi connectivity index (χ0n) is 14.2. The number of nitrogens with one attached hydrogen (secondary N) is 1. The Morgan fingerprint density at radius 2 is 1.96 bits per heavy atom. The summed E-state index contributed by atoms with van der Waals surface area (Å²) in [6, 6.07) is 3.06. The normalized spacial score (nSPS) is 15.4. The number of likely N-dealkylation sites (tertiary alicyclic amines) is 1. The number of amides is 2. The van der Waals surface area contributed by atoms with Crippen molar-refractivity contribution in [3.63, 3.8) is 0 Å². The van der Waals surface area contributed by atoms with E-state index in [0.29, 0.717) is 19.0 Å². The summed E-state index contributed by atoms with van der Waals surface area (Å²) in [4.78, 5) is 18.2. The number of anilines is 1. The molecule has 1 fully saturated rings. The van der Waals surface area contributed by atoms with Crippen LogP contribution in [0.25, 0.3) is 0 Å². The molecule has 1 aromatic carbocycles. The first-order valence-electron chi connectivity index (χ1n) is 8.58. The van der Waals surface area contributed by atoms with E-state index in [4.69, 9.17) is 0 Å². The van der Waals surface area contributed by atoms with Crippen LogP contribution in [0, 0.1) is 17.6 Å². The summed E-state index contributed by atoms with van der Waals surface area (Å²) in [5, 5.41) is 2.35. The molecule has 7 heteroatoms. The number of imidazole rings is 1. The lowest BCUT2D eigenvalue weighted by atomic mass is 9.97. The number of hydrogen-bond donors (Lipinski definition) is 1. The van der Waals surface area contributed by atoms with E-state index >= 15 is 0 Å². The van der Waals surface area contributed by atoms with Crippen LogP contribution >= 0.6 is 0 Å². The highest BCUT2D eigenvalue weighted by Gasteiger charge is 2.24. The maximum Gasteiger partial charge on any atom is 0.322 e. The number of carbonyl (C=O) groups is 1. The summed E-state index contributed by atoms with van der Waals surface area (Å²) in [7, 11) is 0. The molecule has 2 aromatic rings. The molecule has 25 heavy (non-hydrogen) atoms. The number of halogens is 2. The van der Waals surface area contributed by atoms with Crippen molar-refractivity contribution in [2.45, 2.75) is 32.7 Å². The standard InChI is InChI=1S/C18H22F2N4O/c1-2-16-21-8-11-24(16)12-13-6-9-23(10-7-13)18(25)22-17-14(19)4-3-5-15(17)20/h3-5,8,11,13H,2,6-7,9-10,12H2,1H3,(H,22,25). The molecule has 0 radical (unpaired) electrons. The average molecular weight is 348 g/mol. The third kappa shape index (κ3) is 3.97. The van der Waals surface area contributed by atoms with Gasteiger partial charge in [-0.3, -0.25) is 0 Å². The number of piperidine rings is 1. The first-order valence-corrected chi connectivity index (χ1v) is 8.58. The van der Waals surface area contributed by atoms with Crippen LogP contribution in [0.1, 0.15) is 25.6 Å². The monoisotopic (exact) mass is 348 g/mol. The minimum Gasteiger partial charge on any atom is -0.335 e. The van der Waals surface area contributed by atoms with Gasteiger partial charge in [-0.2, -0.15) is 0 Å². The van der Waals surface area contributed by atoms with Crippen LogP contribution in [-0.2, 0) is 13.0 Å². The Morgan fingerprint density at radius 1 is 1.28 bits per heavy atom. The number of benzene rings is 1. The smallest absolute Gasteiger partial charge is 0.322 e. The number of urea groups is 1. The highest BCUT2D eigenvalue weighted by molar-refractivity contribution is 5.89. The molecular weight excluding hydrogens is 326 g/mol. The van der Waals surface area contributed by atoms with Gasteiger partial charge < -0.3 is 14.8 Å². The molecule has 0 atom stereocenters. The first kappa shape index (κ1) is 17.4. The molecule has 0 bridgehead atoms. The van der Waals surface area contributed by atoms with Crippen molar-refractivity contribution in [1.82, 2.24) is 14.5 Å². The van der Waals surface area contributed by atoms with Crippen molar-refractivity contribution in [3.05, 3.63) is 48.1 Å². The molecule has 0 saturated carbocycles. The van der Waals surface area contributed by atoms with Crippen LogP contribution in [0.3, 0.4) is 0 Å². The molecule has 2 amide bonds. The average Bonchev–Trinajstić information content (AvgIpc) is 3.06. The molecule has 1 N–H and O–H groups in total. The van der Waals surface area contributed by atoms with Gasteiger partial charge >= 0.3 is 6.03 Å². The molecule has 1 aliphatic heterocycles. The lowest BCUT2D eigenvalue weighted by Gasteiger charge is -2.32. The van der Waals surface area contributed by atoms with Gasteiger partial charge in [0.1, 0.15) is 23.1 Å². The molecule has 5 nitrogen and oxygen atoms in total. The summed E-state index contributed by atoms with van der Waals surface area (Å²) in [6.45, 7) is 4.11. The van der Waals surface area contributed by atoms with E-state index in [1.807, 2.05) is 12.4 Å². The topological polar surface area (TPSA) is 50.2 Å². The van der Waals surface area contributed by atoms with Gasteiger partial charge in [-0.05, 0) is 30.9 Å². The maximum absolute atomic E-state index is 13.6. The number of para-hydroxylation sites is 1. The molecular formula is C18H22F2N4O. The number of aryl methyl sites for hydroxylation is 1. The lowest BCUT2D eigenvalue weighted by Crippen LogP contribution is -2.42. The van der Waals surface area contributed by atoms with E-state index in [9.17, 15) is 13.6 Å². The van der Waals surface area contributed by atoms with Gasteiger partial charge in [0.15, 0.2) is 0 Å². The second kappa shape index (κ2) is 7.63. The van der Waals surface area contributed by atoms with E-state index in [0.717, 1.165) is 43.8 Å². The van der Waals surface area contributed by atoms with Crippen LogP contribution in [-0.4, -0.2) is 33.6 Å². The van der Waals surface area contributed by atoms with Crippen LogP contribution in [0.2, 0.25) is 0 Å². The fourth-order valence-corrected chi connectivity index (χ4v) is 3.22. The number of rotatable bonds is 4. The SMILES string of the molecule is CCc1nccn1CC1CCN(C(=O)Nc2c(F)cccc2F)CC1. The van der Waals surface area contributed by atoms with Gasteiger partial charge in [-0.15, -0.1) is 0 Å². The number of hydrogen-bond acceptors (Lipinski definition) is 2. The van der Waals surface area contributed by atoms with Gasteiger partial charge in [0.05, 0.1) is 0 Å². The lowest BCUT2D eigenvalue weighted by molar-refractivity contribution is 0.176. The van der Waals surface area contributed by atoms with Crippen LogP contribution in [0.4, 0.5) is 19.3 Å². The second-order valence-electron chi connectivity index (χ2n) is 6.31. The van der Waals surface area contributed by atoms with Crippen molar-refractivity contribution >= 4 is 11.7 Å². The number of aromatic nitrogens is 2. The van der Waals surface area contributed by atoms with Gasteiger partial charge in [0.2, 0.25) is 0 Å². The summed E-state index contributed by atoms with van der Waals surface area (Å²) in [5.74, 6) is -0.00479. The molecule has 0 spiro atoms. The van der Waals surface area contributed by atoms with Gasteiger partial charge in [0.25, 0.3) is 0 Å². The van der Waals surface area contributed by atoms with E-state index in [1.165, 1.54) is 6.07 Å². The summed E-state index contributed by atoms with van der Waals surface area (Å²) in [5.41, 5.74) is -0.388. The summed E-state index contributed by atoms with van der Waals surface area (Å²) >= 11 is 0. The van der Waals surface area contributed by atoms with E-state index in [-0.39, 0.29) is 5.69 Å². The van der Waals surface area contributed by atoms with Crippen molar-refractivity contribution in [2.24, 2.45) is 5.92 Å². The number of nitrogens with zero attached hydrogens (tertiary/aromatic N) is 3. The molecule has 1 saturated heterocycles. The molecule has 0 unspecified atom stereocenters. The Balaban J connectivity index is 1.54. The van der Waals surface area contributed by atoms with Crippen LogP contribution in [0.15, 0.2) is 30.6 Å². The minimum absolute atomic E-state index is 0.388. The van der Waals surface area contributed by atoms with Crippen molar-refractivity contribution < 1.29 is 13.6 Å². The Morgan fingerprint density at radius 3 is 2.60 bits per heavy atom. The van der Waals surface area contributed by atoms with Gasteiger partial charge in [-0.25, -0.2) is 18.6 Å². The summed E-state index contributed by atoms with van der Waals surface area (Å²) in [6.07, 6.45) is 6.40. The van der Waals surface area contributed by atoms with E-state index < -0.39 is 17.7 Å². The fraction of sp³-hybridized carbons (Fsp3) is 0.444. The van der Waals surface area contributed by atoms with Crippen LogP contribution < -0.4 is 5.32 Å². The highest BCUT2D eigenvalue weighted by atomic mass is 19.1. The van der Waals surface area contributed by atoms with Crippen molar-refractivity contribution in [3.8, 4) is 0 Å². The van der Waals surface area contributed by atoms with E-state index in [2.05, 4.69) is 21.8 Å². The highest BCUT2D eigenvalue weighted by Crippen LogP contribution is 2.22. The molecule has 0 aliphatic carbocycles. The van der Waals surface area contributed by atoms with E-state index in [1.54, 1.807) is 4.90 Å². The summed E-state index contributed by atoms with van der Waals surface area (Å²) < 4.78 is 29.4. The predicted octanol–water partition coefficient (Wildman–Crippen LogP) is 3.67. The molecule has 1 aromatic heterocycles.